The Labute approximate surface area is 387 Å². The van der Waals surface area contributed by atoms with E-state index in [0.29, 0.717) is 50.2 Å². The number of esters is 3. The maximum absolute atomic E-state index is 15.2. The lowest BCUT2D eigenvalue weighted by molar-refractivity contribution is -0.228. The quantitative estimate of drug-likeness (QED) is 0.0972. The highest BCUT2D eigenvalue weighted by Crippen LogP contribution is 2.68. The van der Waals surface area contributed by atoms with Crippen molar-refractivity contribution in [1.82, 2.24) is 14.8 Å². The molecule has 11 atom stereocenters. The van der Waals surface area contributed by atoms with Crippen LogP contribution in [0.25, 0.3) is 10.9 Å². The molecule has 2 aromatic carbocycles. The summed E-state index contributed by atoms with van der Waals surface area (Å²) in [7, 11) is 6.22. The van der Waals surface area contributed by atoms with Crippen LogP contribution in [-0.2, 0) is 55.6 Å². The van der Waals surface area contributed by atoms with Gasteiger partial charge in [-0.1, -0.05) is 55.8 Å². The number of rotatable bonds is 10. The predicted molar refractivity (Wildman–Crippen MR) is 241 cm³/mol. The van der Waals surface area contributed by atoms with Crippen LogP contribution in [0.5, 0.6) is 5.75 Å². The number of hydrogen-bond donors (Lipinski definition) is 6. The smallest absolute Gasteiger partial charge is 0.344 e. The summed E-state index contributed by atoms with van der Waals surface area (Å²) >= 11 is 0. The first-order valence-electron chi connectivity index (χ1n) is 22.6. The third kappa shape index (κ3) is 6.88. The van der Waals surface area contributed by atoms with Crippen LogP contribution in [0.2, 0.25) is 0 Å². The Balaban J connectivity index is 0.000000547. The van der Waals surface area contributed by atoms with E-state index in [9.17, 15) is 24.3 Å². The molecule has 0 amide bonds. The number of aliphatic hydroxyl groups excluding tert-OH is 2. The maximum Gasteiger partial charge on any atom is 0.344 e. The molecule has 0 radical (unpaired) electrons. The minimum atomic E-state index is -2.27. The van der Waals surface area contributed by atoms with Gasteiger partial charge in [0.15, 0.2) is 18.3 Å². The predicted octanol–water partition coefficient (Wildman–Crippen LogP) is 2.63. The van der Waals surface area contributed by atoms with Crippen LogP contribution < -0.4 is 9.64 Å². The number of aliphatic carboxylic acids is 2. The average molecular weight is 929 g/mol. The molecule has 3 aromatic rings. The van der Waals surface area contributed by atoms with Gasteiger partial charge in [0.1, 0.15) is 11.2 Å². The number of para-hydroxylation sites is 1. The number of likely N-dealkylation sites (N-methyl/N-ethyl adjacent to an activating group) is 1. The van der Waals surface area contributed by atoms with Crippen molar-refractivity contribution in [3.05, 3.63) is 82.6 Å². The summed E-state index contributed by atoms with van der Waals surface area (Å²) in [5.41, 5.74) is 1.05. The summed E-state index contributed by atoms with van der Waals surface area (Å²) < 4.78 is 23.9. The minimum Gasteiger partial charge on any atom is -0.496 e. The normalized spacial score (nSPS) is 32.1. The highest BCUT2D eigenvalue weighted by molar-refractivity contribution is 5.95. The molecule has 2 fully saturated rings. The van der Waals surface area contributed by atoms with Gasteiger partial charge >= 0.3 is 29.8 Å². The number of nitrogens with zero attached hydrogens (tertiary/aromatic N) is 3. The fraction of sp³-hybridized carbons (Fsp3) is 0.531. The highest BCUT2D eigenvalue weighted by Gasteiger charge is 2.80. The van der Waals surface area contributed by atoms with E-state index in [1.807, 2.05) is 37.1 Å². The van der Waals surface area contributed by atoms with Crippen molar-refractivity contribution < 1.29 is 68.5 Å². The summed E-state index contributed by atoms with van der Waals surface area (Å²) in [4.78, 5) is 72.7. The zero-order valence-electron chi connectivity index (χ0n) is 38.8. The van der Waals surface area contributed by atoms with Gasteiger partial charge in [0.25, 0.3) is 0 Å². The molecular weight excluding hydrogens is 869 g/mol. The fourth-order valence-electron chi connectivity index (χ4n) is 13.1. The van der Waals surface area contributed by atoms with E-state index < -0.39 is 70.1 Å². The van der Waals surface area contributed by atoms with Crippen LogP contribution in [0.15, 0.2) is 60.2 Å². The lowest BCUT2D eigenvalue weighted by Crippen LogP contribution is -2.81. The summed E-state index contributed by atoms with van der Waals surface area (Å²) in [5.74, 6) is -4.85. The molecule has 9 rings (SSSR count). The summed E-state index contributed by atoms with van der Waals surface area (Å²) in [5, 5.41) is 46.9. The topological polar surface area (TPSA) is 249 Å². The summed E-state index contributed by atoms with van der Waals surface area (Å²) in [6.07, 6.45) is 3.14. The average Bonchev–Trinajstić information content (AvgIpc) is 3.97. The molecule has 6 N–H and O–H groups in total. The van der Waals surface area contributed by atoms with E-state index in [1.54, 1.807) is 7.11 Å². The van der Waals surface area contributed by atoms with Gasteiger partial charge in [0.2, 0.25) is 5.60 Å². The molecule has 1 saturated carbocycles. The Hall–Kier alpha value is -5.79. The molecule has 6 heterocycles. The van der Waals surface area contributed by atoms with Gasteiger partial charge < -0.3 is 54.4 Å². The van der Waals surface area contributed by atoms with E-state index in [1.165, 1.54) is 26.7 Å². The number of benzene rings is 2. The van der Waals surface area contributed by atoms with Crippen LogP contribution >= 0.6 is 0 Å². The number of aromatic nitrogens is 1. The molecule has 2 bridgehead atoms. The van der Waals surface area contributed by atoms with Crippen molar-refractivity contribution in [3.8, 4) is 5.75 Å². The maximum atomic E-state index is 15.2. The Morgan fingerprint density at radius 2 is 1.61 bits per heavy atom. The minimum absolute atomic E-state index is 0.0284. The SMILES string of the molecule is CCC1=C[C@@H]2CN(C1)Cc1c([nH]c3ccccc13)[C@@](C(=O)OC)(c1cc3c(cc1OC)N(C)[C@H]1[C@@](O)(C(=O)OC)[C@@H](OC(C)=O)[C@]4(CC)C=CCN5CC[C@]31[C@@H]54)C2.O=C(O)C(O)C(O)C(=O)O. The molecule has 18 heteroatoms. The van der Waals surface area contributed by atoms with Crippen molar-refractivity contribution in [3.63, 3.8) is 0 Å². The number of anilines is 1. The van der Waals surface area contributed by atoms with Gasteiger partial charge in [0, 0.05) is 90.9 Å². The van der Waals surface area contributed by atoms with Crippen LogP contribution in [0.4, 0.5) is 5.69 Å². The number of fused-ring (bicyclic) bond motifs is 6. The second-order valence-corrected chi connectivity index (χ2v) is 18.7. The Bertz CT molecular complexity index is 2560. The molecule has 3 unspecified atom stereocenters. The molecular formula is C49H60N4O14. The van der Waals surface area contributed by atoms with Crippen LogP contribution in [0.1, 0.15) is 68.8 Å². The van der Waals surface area contributed by atoms with Crippen LogP contribution in [0, 0.1) is 11.3 Å². The molecule has 6 aliphatic rings. The van der Waals surface area contributed by atoms with Crippen molar-refractivity contribution in [2.24, 2.45) is 11.3 Å². The number of carboxylic acids is 2. The summed E-state index contributed by atoms with van der Waals surface area (Å²) in [6.45, 7) is 9.19. The molecule has 1 saturated heterocycles. The van der Waals surface area contributed by atoms with Gasteiger partial charge in [0.05, 0.1) is 27.4 Å². The largest absolute Gasteiger partial charge is 0.496 e. The van der Waals surface area contributed by atoms with Gasteiger partial charge in [-0.25, -0.2) is 14.4 Å². The highest BCUT2D eigenvalue weighted by atomic mass is 16.6. The fourth-order valence-corrected chi connectivity index (χ4v) is 13.1. The first-order valence-corrected chi connectivity index (χ1v) is 22.6. The number of H-pyrrole nitrogens is 1. The molecule has 1 aromatic heterocycles. The summed E-state index contributed by atoms with van der Waals surface area (Å²) in [6, 6.07) is 11.2. The van der Waals surface area contributed by atoms with Crippen molar-refractivity contribution >= 4 is 46.4 Å². The van der Waals surface area contributed by atoms with Crippen molar-refractivity contribution in [1.29, 1.82) is 0 Å². The first-order chi connectivity index (χ1) is 31.8. The number of aromatic amines is 1. The van der Waals surface area contributed by atoms with E-state index in [-0.39, 0.29) is 17.9 Å². The number of methoxy groups -OCH3 is 3. The number of ether oxygens (including phenoxy) is 4. The monoisotopic (exact) mass is 928 g/mol. The third-order valence-electron chi connectivity index (χ3n) is 15.6. The zero-order chi connectivity index (χ0) is 48.5. The lowest BCUT2D eigenvalue weighted by atomic mass is 9.47. The molecule has 67 heavy (non-hydrogen) atoms. The van der Waals surface area contributed by atoms with Gasteiger partial charge in [-0.15, -0.1) is 0 Å². The second kappa shape index (κ2) is 17.4. The van der Waals surface area contributed by atoms with Crippen molar-refractivity contribution in [2.45, 2.75) is 99.8 Å². The van der Waals surface area contributed by atoms with E-state index in [4.69, 9.17) is 39.4 Å². The van der Waals surface area contributed by atoms with Crippen LogP contribution in [-0.4, -0.2) is 161 Å². The Morgan fingerprint density at radius 1 is 0.925 bits per heavy atom. The lowest BCUT2D eigenvalue weighted by Gasteiger charge is -2.63. The van der Waals surface area contributed by atoms with Gasteiger partial charge in [-0.05, 0) is 61.4 Å². The van der Waals surface area contributed by atoms with Gasteiger partial charge in [-0.3, -0.25) is 19.4 Å². The Morgan fingerprint density at radius 3 is 2.22 bits per heavy atom. The molecule has 5 aliphatic heterocycles. The molecule has 1 aliphatic carbocycles. The standard InChI is InChI=1S/C45H54N4O8.C4H6O6/c1-8-27-19-28-22-44(40(51)55-6,36-30(25-48(23-27)24-28)29-13-10-11-14-33(29)46-36)32-20-31-34(21-35(32)54-5)47(4)38-43(31)16-18-49-17-12-15-42(9-2,37(43)49)39(57-26(3)50)45(38,53)41(52)56-7;5-1(3(7)8)2(6)4(9)10/h10-15,19-21,28,37-39,46,53H,8-9,16-18,22-25H2,1-7H3;1-2,5-6H,(H,7,8)(H,9,10)/t28-,37-,38+,39-,42+,43+,44-,45-;/m0./s1. The number of hydrogen-bond acceptors (Lipinski definition) is 15. The van der Waals surface area contributed by atoms with Crippen LogP contribution in [0.3, 0.4) is 0 Å². The number of aliphatic hydroxyl groups is 3. The third-order valence-corrected chi connectivity index (χ3v) is 15.6. The van der Waals surface area contributed by atoms with E-state index >= 15 is 4.79 Å². The van der Waals surface area contributed by atoms with Crippen molar-refractivity contribution in [2.75, 3.05) is 59.5 Å². The zero-order valence-corrected chi connectivity index (χ0v) is 38.8. The molecule has 1 spiro atoms. The number of nitrogens with one attached hydrogen (secondary N) is 1. The van der Waals surface area contributed by atoms with Gasteiger partial charge in [-0.2, -0.15) is 0 Å². The number of carbonyl (C=O) groups excluding carboxylic acids is 3. The first kappa shape index (κ1) is 47.7. The Kier molecular flexibility index (Phi) is 12.4. The molecule has 360 valence electrons. The molecule has 18 nitrogen and oxygen atoms in total. The van der Waals surface area contributed by atoms with E-state index in [0.717, 1.165) is 52.9 Å². The number of carbonyl (C=O) groups is 5. The second-order valence-electron chi connectivity index (χ2n) is 18.7. The van der Waals surface area contributed by atoms with E-state index in [2.05, 4.69) is 58.1 Å². The number of carboxylic acid groups (broad SMARTS) is 2.